The zero-order chi connectivity index (χ0) is 17.6. The summed E-state index contributed by atoms with van der Waals surface area (Å²) in [5.41, 5.74) is 1.92. The van der Waals surface area contributed by atoms with Gasteiger partial charge in [0.1, 0.15) is 0 Å². The number of anilines is 3. The van der Waals surface area contributed by atoms with Gasteiger partial charge in [-0.05, 0) is 55.7 Å². The van der Waals surface area contributed by atoms with E-state index in [1.165, 1.54) is 13.3 Å². The van der Waals surface area contributed by atoms with Gasteiger partial charge >= 0.3 is 0 Å². The first-order valence-electron chi connectivity index (χ1n) is 8.39. The molecule has 2 heterocycles. The molecule has 1 fully saturated rings. The van der Waals surface area contributed by atoms with Crippen molar-refractivity contribution >= 4 is 29.0 Å². The number of amides is 2. The van der Waals surface area contributed by atoms with Crippen LogP contribution >= 0.6 is 0 Å². The lowest BCUT2D eigenvalue weighted by atomic mass is 10.1. The van der Waals surface area contributed by atoms with Crippen molar-refractivity contribution in [1.82, 2.24) is 15.1 Å². The number of carbonyl (C=O) groups is 2. The van der Waals surface area contributed by atoms with Crippen molar-refractivity contribution in [2.75, 3.05) is 23.7 Å². The number of likely N-dealkylation sites (tertiary alicyclic amines) is 1. The molecule has 1 aromatic carbocycles. The molecule has 3 rings (SSSR count). The van der Waals surface area contributed by atoms with Gasteiger partial charge in [0.15, 0.2) is 11.5 Å². The molecule has 7 heteroatoms. The quantitative estimate of drug-likeness (QED) is 0.894. The first-order valence-corrected chi connectivity index (χ1v) is 8.39. The van der Waals surface area contributed by atoms with Crippen molar-refractivity contribution in [3.63, 3.8) is 0 Å². The maximum Gasteiger partial charge on any atom is 0.274 e. The number of aromatic nitrogens is 2. The number of nitrogens with zero attached hydrogens (tertiary/aromatic N) is 3. The van der Waals surface area contributed by atoms with Crippen LogP contribution < -0.4 is 10.6 Å². The van der Waals surface area contributed by atoms with E-state index in [0.717, 1.165) is 37.3 Å². The zero-order valence-electron chi connectivity index (χ0n) is 14.2. The van der Waals surface area contributed by atoms with E-state index in [9.17, 15) is 9.59 Å². The van der Waals surface area contributed by atoms with Gasteiger partial charge in [0.05, 0.1) is 0 Å². The molecule has 2 amide bonds. The molecule has 0 spiro atoms. The van der Waals surface area contributed by atoms with Crippen LogP contribution in [0.15, 0.2) is 36.4 Å². The molecule has 25 heavy (non-hydrogen) atoms. The van der Waals surface area contributed by atoms with Crippen LogP contribution in [0.1, 0.15) is 36.7 Å². The van der Waals surface area contributed by atoms with E-state index in [0.29, 0.717) is 11.5 Å². The summed E-state index contributed by atoms with van der Waals surface area (Å²) in [5.74, 6) is 0.390. The summed E-state index contributed by atoms with van der Waals surface area (Å²) in [6.45, 7) is 3.05. The second-order valence-corrected chi connectivity index (χ2v) is 6.04. The molecule has 7 nitrogen and oxygen atoms in total. The summed E-state index contributed by atoms with van der Waals surface area (Å²) in [6.07, 6.45) is 3.28. The van der Waals surface area contributed by atoms with Gasteiger partial charge in [-0.25, -0.2) is 0 Å². The highest BCUT2D eigenvalue weighted by atomic mass is 16.2. The molecule has 0 unspecified atom stereocenters. The minimum absolute atomic E-state index is 0.0570. The average molecular weight is 339 g/mol. The fourth-order valence-corrected chi connectivity index (χ4v) is 2.76. The minimum atomic E-state index is -0.111. The largest absolute Gasteiger partial charge is 0.339 e. The van der Waals surface area contributed by atoms with Gasteiger partial charge in [0.2, 0.25) is 5.91 Å². The van der Waals surface area contributed by atoms with Gasteiger partial charge in [-0.1, -0.05) is 0 Å². The van der Waals surface area contributed by atoms with Crippen molar-refractivity contribution in [2.45, 2.75) is 26.2 Å². The first kappa shape index (κ1) is 16.9. The van der Waals surface area contributed by atoms with Crippen LogP contribution in [-0.2, 0) is 4.79 Å². The number of carbonyl (C=O) groups excluding carboxylic acids is 2. The van der Waals surface area contributed by atoms with Crippen molar-refractivity contribution in [2.24, 2.45) is 0 Å². The Labute approximate surface area is 146 Å². The average Bonchev–Trinajstić information content (AvgIpc) is 2.64. The van der Waals surface area contributed by atoms with E-state index in [1.54, 1.807) is 24.3 Å². The molecule has 1 aromatic heterocycles. The fourth-order valence-electron chi connectivity index (χ4n) is 2.76. The van der Waals surface area contributed by atoms with Crippen LogP contribution in [0.2, 0.25) is 0 Å². The Morgan fingerprint density at radius 2 is 1.60 bits per heavy atom. The molecule has 0 radical (unpaired) electrons. The van der Waals surface area contributed by atoms with Crippen LogP contribution in [0.5, 0.6) is 0 Å². The summed E-state index contributed by atoms with van der Waals surface area (Å²) in [6, 6.07) is 10.7. The summed E-state index contributed by atoms with van der Waals surface area (Å²) in [4.78, 5) is 25.2. The molecule has 0 aliphatic carbocycles. The molecule has 1 aliphatic rings. The van der Waals surface area contributed by atoms with Crippen molar-refractivity contribution in [3.05, 3.63) is 42.1 Å². The molecular formula is C18H21N5O2. The second-order valence-electron chi connectivity index (χ2n) is 6.04. The van der Waals surface area contributed by atoms with E-state index < -0.39 is 0 Å². The highest BCUT2D eigenvalue weighted by molar-refractivity contribution is 5.92. The Bertz CT molecular complexity index is 737. The van der Waals surface area contributed by atoms with Crippen molar-refractivity contribution < 1.29 is 9.59 Å². The molecular weight excluding hydrogens is 318 g/mol. The molecule has 130 valence electrons. The van der Waals surface area contributed by atoms with E-state index >= 15 is 0 Å². The summed E-state index contributed by atoms with van der Waals surface area (Å²) in [7, 11) is 0. The third kappa shape index (κ3) is 4.53. The van der Waals surface area contributed by atoms with E-state index in [-0.39, 0.29) is 11.8 Å². The van der Waals surface area contributed by atoms with Gasteiger partial charge in [0.25, 0.3) is 5.91 Å². The van der Waals surface area contributed by atoms with Gasteiger partial charge in [0, 0.05) is 31.4 Å². The Morgan fingerprint density at radius 3 is 2.20 bits per heavy atom. The van der Waals surface area contributed by atoms with Crippen molar-refractivity contribution in [3.8, 4) is 0 Å². The maximum absolute atomic E-state index is 12.4. The number of nitrogens with one attached hydrogen (secondary N) is 2. The van der Waals surface area contributed by atoms with Gasteiger partial charge < -0.3 is 15.5 Å². The van der Waals surface area contributed by atoms with Crippen LogP contribution in [0, 0.1) is 0 Å². The number of piperidine rings is 1. The molecule has 2 aromatic rings. The zero-order valence-corrected chi connectivity index (χ0v) is 14.2. The second kappa shape index (κ2) is 7.74. The Kier molecular flexibility index (Phi) is 5.23. The third-order valence-electron chi connectivity index (χ3n) is 4.00. The number of benzene rings is 1. The normalized spacial score (nSPS) is 14.0. The Hall–Kier alpha value is -2.96. The van der Waals surface area contributed by atoms with Crippen molar-refractivity contribution in [1.29, 1.82) is 0 Å². The Morgan fingerprint density at radius 1 is 0.920 bits per heavy atom. The van der Waals surface area contributed by atoms with Crippen LogP contribution in [0.4, 0.5) is 17.2 Å². The minimum Gasteiger partial charge on any atom is -0.339 e. The summed E-state index contributed by atoms with van der Waals surface area (Å²) in [5, 5.41) is 14.0. The predicted octanol–water partition coefficient (Wildman–Crippen LogP) is 2.80. The highest BCUT2D eigenvalue weighted by Crippen LogP contribution is 2.18. The van der Waals surface area contributed by atoms with E-state index in [2.05, 4.69) is 20.8 Å². The molecule has 1 aliphatic heterocycles. The fraction of sp³-hybridized carbons (Fsp3) is 0.333. The molecule has 2 N–H and O–H groups in total. The standard InChI is InChI=1S/C18H21N5O2/c1-13(24)19-14-5-7-15(8-6-14)20-17-10-9-16(21-22-17)18(25)23-11-3-2-4-12-23/h5-10H,2-4,11-12H2,1H3,(H,19,24)(H,20,22). The first-order chi connectivity index (χ1) is 12.1. The topological polar surface area (TPSA) is 87.2 Å². The monoisotopic (exact) mass is 339 g/mol. The van der Waals surface area contributed by atoms with Crippen LogP contribution in [0.25, 0.3) is 0 Å². The summed E-state index contributed by atoms with van der Waals surface area (Å²) < 4.78 is 0. The molecule has 0 saturated carbocycles. The number of hydrogen-bond acceptors (Lipinski definition) is 5. The SMILES string of the molecule is CC(=O)Nc1ccc(Nc2ccc(C(=O)N3CCCCC3)nn2)cc1. The lowest BCUT2D eigenvalue weighted by Crippen LogP contribution is -2.36. The van der Waals surface area contributed by atoms with Gasteiger partial charge in [-0.15, -0.1) is 10.2 Å². The molecule has 0 bridgehead atoms. The number of hydrogen-bond donors (Lipinski definition) is 2. The Balaban J connectivity index is 1.62. The third-order valence-corrected chi connectivity index (χ3v) is 4.00. The van der Waals surface area contributed by atoms with Crippen LogP contribution in [0.3, 0.4) is 0 Å². The summed E-state index contributed by atoms with van der Waals surface area (Å²) >= 11 is 0. The lowest BCUT2D eigenvalue weighted by molar-refractivity contribution is -0.114. The smallest absolute Gasteiger partial charge is 0.274 e. The number of rotatable bonds is 4. The highest BCUT2D eigenvalue weighted by Gasteiger charge is 2.19. The van der Waals surface area contributed by atoms with Crippen LogP contribution in [-0.4, -0.2) is 40.0 Å². The predicted molar refractivity (Wildman–Crippen MR) is 95.8 cm³/mol. The lowest BCUT2D eigenvalue weighted by Gasteiger charge is -2.26. The van der Waals surface area contributed by atoms with E-state index in [4.69, 9.17) is 0 Å². The van der Waals surface area contributed by atoms with Gasteiger partial charge in [-0.2, -0.15) is 0 Å². The maximum atomic E-state index is 12.4. The molecule has 1 saturated heterocycles. The van der Waals surface area contributed by atoms with Gasteiger partial charge in [-0.3, -0.25) is 9.59 Å². The molecule has 0 atom stereocenters. The van der Waals surface area contributed by atoms with E-state index in [1.807, 2.05) is 17.0 Å².